The molecule has 1 atom stereocenters. The summed E-state index contributed by atoms with van der Waals surface area (Å²) in [7, 11) is 2.13. The number of hydrogen-bond acceptors (Lipinski definition) is 4. The van der Waals surface area contributed by atoms with Gasteiger partial charge in [-0.1, -0.05) is 29.8 Å². The van der Waals surface area contributed by atoms with E-state index in [4.69, 9.17) is 4.74 Å². The van der Waals surface area contributed by atoms with Gasteiger partial charge in [-0.3, -0.25) is 4.79 Å². The second kappa shape index (κ2) is 8.23. The summed E-state index contributed by atoms with van der Waals surface area (Å²) < 4.78 is 5.77. The minimum absolute atomic E-state index is 0.146. The van der Waals surface area contributed by atoms with Gasteiger partial charge in [-0.25, -0.2) is 0 Å². The average Bonchev–Trinajstić information content (AvgIpc) is 2.65. The molecule has 1 unspecified atom stereocenters. The first-order valence-electron chi connectivity index (χ1n) is 9.09. The molecule has 5 heteroatoms. The predicted molar refractivity (Wildman–Crippen MR) is 106 cm³/mol. The number of nitrogens with zero attached hydrogens (tertiary/aromatic N) is 2. The summed E-state index contributed by atoms with van der Waals surface area (Å²) in [6.07, 6.45) is -0.571. The molecule has 1 saturated heterocycles. The van der Waals surface area contributed by atoms with E-state index in [1.807, 2.05) is 49.4 Å². The molecule has 0 radical (unpaired) electrons. The Morgan fingerprint density at radius 2 is 1.69 bits per heavy atom. The zero-order valence-electron chi connectivity index (χ0n) is 15.7. The number of hydrogen-bond donors (Lipinski definition) is 1. The molecule has 2 aromatic carbocycles. The fraction of sp³-hybridized carbons (Fsp3) is 0.381. The number of piperazine rings is 1. The first-order chi connectivity index (χ1) is 12.5. The third-order valence-corrected chi connectivity index (χ3v) is 4.71. The van der Waals surface area contributed by atoms with Gasteiger partial charge in [0.05, 0.1) is 11.4 Å². The van der Waals surface area contributed by atoms with Gasteiger partial charge in [-0.05, 0) is 45.2 Å². The number of aryl methyl sites for hydroxylation is 1. The molecule has 1 amide bonds. The Kier molecular flexibility index (Phi) is 5.78. The Morgan fingerprint density at radius 3 is 2.38 bits per heavy atom. The van der Waals surface area contributed by atoms with Gasteiger partial charge in [0.15, 0.2) is 6.10 Å². The largest absolute Gasteiger partial charge is 0.481 e. The lowest BCUT2D eigenvalue weighted by atomic mass is 10.2. The minimum Gasteiger partial charge on any atom is -0.481 e. The van der Waals surface area contributed by atoms with Crippen LogP contribution in [0.5, 0.6) is 5.75 Å². The lowest BCUT2D eigenvalue weighted by Crippen LogP contribution is -2.44. The molecule has 26 heavy (non-hydrogen) atoms. The first kappa shape index (κ1) is 18.3. The number of anilines is 2. The summed E-state index contributed by atoms with van der Waals surface area (Å²) in [6.45, 7) is 7.75. The van der Waals surface area contributed by atoms with E-state index in [0.29, 0.717) is 5.75 Å². The van der Waals surface area contributed by atoms with Crippen LogP contribution in [-0.4, -0.2) is 50.1 Å². The maximum atomic E-state index is 12.6. The highest BCUT2D eigenvalue weighted by Gasteiger charge is 2.20. The summed E-state index contributed by atoms with van der Waals surface area (Å²) in [4.78, 5) is 17.2. The summed E-state index contributed by atoms with van der Waals surface area (Å²) >= 11 is 0. The van der Waals surface area contributed by atoms with E-state index in [1.165, 1.54) is 0 Å². The molecule has 0 aliphatic carbocycles. The fourth-order valence-corrected chi connectivity index (χ4v) is 3.01. The number of ether oxygens (including phenoxy) is 1. The lowest BCUT2D eigenvalue weighted by Gasteiger charge is -2.35. The molecule has 1 heterocycles. The molecule has 0 bridgehead atoms. The van der Waals surface area contributed by atoms with Crippen LogP contribution in [0.2, 0.25) is 0 Å². The Bertz CT molecular complexity index is 737. The van der Waals surface area contributed by atoms with E-state index in [-0.39, 0.29) is 5.91 Å². The maximum Gasteiger partial charge on any atom is 0.265 e. The molecule has 0 saturated carbocycles. The van der Waals surface area contributed by atoms with E-state index >= 15 is 0 Å². The zero-order valence-corrected chi connectivity index (χ0v) is 15.7. The number of likely N-dealkylation sites (N-methyl/N-ethyl adjacent to an activating group) is 1. The number of carbonyl (C=O) groups excluding carboxylic acids is 1. The number of carbonyl (C=O) groups is 1. The molecule has 0 aromatic heterocycles. The lowest BCUT2D eigenvalue weighted by molar-refractivity contribution is -0.122. The molecule has 1 N–H and O–H groups in total. The van der Waals surface area contributed by atoms with E-state index in [9.17, 15) is 4.79 Å². The molecule has 5 nitrogen and oxygen atoms in total. The molecule has 1 aliphatic heterocycles. The summed E-state index contributed by atoms with van der Waals surface area (Å²) in [5.41, 5.74) is 3.06. The molecule has 1 aliphatic rings. The van der Waals surface area contributed by atoms with Gasteiger partial charge in [0.25, 0.3) is 5.91 Å². The van der Waals surface area contributed by atoms with E-state index in [2.05, 4.69) is 28.2 Å². The summed E-state index contributed by atoms with van der Waals surface area (Å²) in [6, 6.07) is 15.7. The molecule has 1 fully saturated rings. The molecule has 3 rings (SSSR count). The topological polar surface area (TPSA) is 44.8 Å². The van der Waals surface area contributed by atoms with Crippen molar-refractivity contribution < 1.29 is 9.53 Å². The number of nitrogens with one attached hydrogen (secondary N) is 1. The molecule has 138 valence electrons. The molecule has 0 spiro atoms. The van der Waals surface area contributed by atoms with Crippen molar-refractivity contribution in [1.29, 1.82) is 0 Å². The molecule has 2 aromatic rings. The standard InChI is InChI=1S/C21H27N3O2/c1-16-8-10-18(11-9-16)26-17(2)21(25)22-19-6-4-5-7-20(19)24-14-12-23(3)13-15-24/h4-11,17H,12-15H2,1-3H3,(H,22,25). The van der Waals surface area contributed by atoms with Crippen molar-refractivity contribution in [3.05, 3.63) is 54.1 Å². The highest BCUT2D eigenvalue weighted by molar-refractivity contribution is 5.97. The summed E-state index contributed by atoms with van der Waals surface area (Å²) in [5.74, 6) is 0.553. The second-order valence-corrected chi connectivity index (χ2v) is 6.87. The van der Waals surface area contributed by atoms with Crippen molar-refractivity contribution in [2.24, 2.45) is 0 Å². The quantitative estimate of drug-likeness (QED) is 0.897. The second-order valence-electron chi connectivity index (χ2n) is 6.87. The van der Waals surface area contributed by atoms with Gasteiger partial charge >= 0.3 is 0 Å². The van der Waals surface area contributed by atoms with Crippen LogP contribution in [0.4, 0.5) is 11.4 Å². The monoisotopic (exact) mass is 353 g/mol. The van der Waals surface area contributed by atoms with Crippen LogP contribution >= 0.6 is 0 Å². The summed E-state index contributed by atoms with van der Waals surface area (Å²) in [5, 5.41) is 3.03. The van der Waals surface area contributed by atoms with Crippen LogP contribution in [0.15, 0.2) is 48.5 Å². The van der Waals surface area contributed by atoms with E-state index in [1.54, 1.807) is 6.92 Å². The van der Waals surface area contributed by atoms with Crippen molar-refractivity contribution in [1.82, 2.24) is 4.90 Å². The maximum absolute atomic E-state index is 12.6. The van der Waals surface area contributed by atoms with Crippen molar-refractivity contribution in [2.45, 2.75) is 20.0 Å². The molecular weight excluding hydrogens is 326 g/mol. The van der Waals surface area contributed by atoms with Gasteiger partial charge in [-0.15, -0.1) is 0 Å². The molecular formula is C21H27N3O2. The highest BCUT2D eigenvalue weighted by Crippen LogP contribution is 2.27. The van der Waals surface area contributed by atoms with Gasteiger partial charge in [0.2, 0.25) is 0 Å². The number of para-hydroxylation sites is 2. The third-order valence-electron chi connectivity index (χ3n) is 4.71. The normalized spacial score (nSPS) is 16.2. The highest BCUT2D eigenvalue weighted by atomic mass is 16.5. The Labute approximate surface area is 155 Å². The number of rotatable bonds is 5. The minimum atomic E-state index is -0.571. The van der Waals surface area contributed by atoms with Crippen LogP contribution in [0.1, 0.15) is 12.5 Å². The predicted octanol–water partition coefficient (Wildman–Crippen LogP) is 3.15. The number of benzene rings is 2. The van der Waals surface area contributed by atoms with Crippen LogP contribution in [0.25, 0.3) is 0 Å². The van der Waals surface area contributed by atoms with Crippen LogP contribution in [0, 0.1) is 6.92 Å². The Hall–Kier alpha value is -2.53. The first-order valence-corrected chi connectivity index (χ1v) is 9.09. The Balaban J connectivity index is 1.66. The smallest absolute Gasteiger partial charge is 0.265 e. The van der Waals surface area contributed by atoms with E-state index in [0.717, 1.165) is 43.1 Å². The van der Waals surface area contributed by atoms with Crippen LogP contribution < -0.4 is 15.0 Å². The third kappa shape index (κ3) is 4.55. The van der Waals surface area contributed by atoms with Crippen LogP contribution in [0.3, 0.4) is 0 Å². The van der Waals surface area contributed by atoms with Crippen LogP contribution in [-0.2, 0) is 4.79 Å². The van der Waals surface area contributed by atoms with E-state index < -0.39 is 6.10 Å². The van der Waals surface area contributed by atoms with Crippen molar-refractivity contribution in [2.75, 3.05) is 43.4 Å². The van der Waals surface area contributed by atoms with Crippen molar-refractivity contribution in [3.8, 4) is 5.75 Å². The van der Waals surface area contributed by atoms with Crippen molar-refractivity contribution in [3.63, 3.8) is 0 Å². The zero-order chi connectivity index (χ0) is 18.5. The fourth-order valence-electron chi connectivity index (χ4n) is 3.01. The van der Waals surface area contributed by atoms with Crippen molar-refractivity contribution >= 4 is 17.3 Å². The number of amides is 1. The van der Waals surface area contributed by atoms with Gasteiger partial charge < -0.3 is 19.9 Å². The SMILES string of the molecule is Cc1ccc(OC(C)C(=O)Nc2ccccc2N2CCN(C)CC2)cc1. The average molecular weight is 353 g/mol. The Morgan fingerprint density at radius 1 is 1.04 bits per heavy atom. The van der Waals surface area contributed by atoms with Gasteiger partial charge in [0.1, 0.15) is 5.75 Å². The van der Waals surface area contributed by atoms with Gasteiger partial charge in [-0.2, -0.15) is 0 Å². The van der Waals surface area contributed by atoms with Gasteiger partial charge in [0, 0.05) is 26.2 Å².